The number of carbonyl (C=O) groups is 1. The Morgan fingerprint density at radius 2 is 2.00 bits per heavy atom. The third-order valence-corrected chi connectivity index (χ3v) is 3.53. The summed E-state index contributed by atoms with van der Waals surface area (Å²) in [7, 11) is 0. The van der Waals surface area contributed by atoms with Gasteiger partial charge in [0, 0.05) is 15.7 Å². The predicted octanol–water partition coefficient (Wildman–Crippen LogP) is 4.25. The summed E-state index contributed by atoms with van der Waals surface area (Å²) >= 11 is 9.37. The Hall–Kier alpha value is -1.52. The molecule has 2 aromatic rings. The molecule has 0 aliphatic carbocycles. The maximum absolute atomic E-state index is 12.1. The second-order valence-corrected chi connectivity index (χ2v) is 5.47. The number of nitrogens with one attached hydrogen (secondary N) is 1. The van der Waals surface area contributed by atoms with Crippen LogP contribution in [0.5, 0.6) is 0 Å². The van der Waals surface area contributed by atoms with Gasteiger partial charge in [0.15, 0.2) is 0 Å². The van der Waals surface area contributed by atoms with Crippen LogP contribution in [0.1, 0.15) is 15.9 Å². The Balaban J connectivity index is 2.25. The van der Waals surface area contributed by atoms with E-state index in [0.717, 1.165) is 10.0 Å². The van der Waals surface area contributed by atoms with Crippen LogP contribution in [0.25, 0.3) is 0 Å². The second kappa shape index (κ2) is 5.63. The minimum absolute atomic E-state index is 0.219. The number of halogens is 2. The average Bonchev–Trinajstić information content (AvgIpc) is 2.37. The van der Waals surface area contributed by atoms with Crippen molar-refractivity contribution in [3.8, 4) is 0 Å². The summed E-state index contributed by atoms with van der Waals surface area (Å²) in [4.78, 5) is 12.1. The lowest BCUT2D eigenvalue weighted by Gasteiger charge is -2.09. The molecule has 98 valence electrons. The van der Waals surface area contributed by atoms with E-state index in [-0.39, 0.29) is 5.91 Å². The Morgan fingerprint density at radius 1 is 1.26 bits per heavy atom. The molecule has 0 aliphatic heterocycles. The van der Waals surface area contributed by atoms with Gasteiger partial charge in [0.1, 0.15) is 0 Å². The largest absolute Gasteiger partial charge is 0.399 e. The molecule has 0 atom stereocenters. The second-order valence-electron chi connectivity index (χ2n) is 4.15. The molecular formula is C14H12BrClN2O. The number of nitrogen functional groups attached to an aromatic ring is 1. The van der Waals surface area contributed by atoms with Crippen molar-refractivity contribution in [2.45, 2.75) is 6.92 Å². The van der Waals surface area contributed by atoms with E-state index in [9.17, 15) is 4.79 Å². The van der Waals surface area contributed by atoms with Crippen LogP contribution in [-0.4, -0.2) is 5.91 Å². The molecule has 0 heterocycles. The van der Waals surface area contributed by atoms with Gasteiger partial charge in [-0.3, -0.25) is 4.79 Å². The standard InChI is InChI=1S/C14H12BrClN2O/c1-8-6-9(2-5-12(8)17)14(19)18-13-7-10(15)3-4-11(13)16/h2-7H,17H2,1H3,(H,18,19). The van der Waals surface area contributed by atoms with E-state index in [1.807, 2.05) is 13.0 Å². The summed E-state index contributed by atoms with van der Waals surface area (Å²) in [5, 5.41) is 3.26. The van der Waals surface area contributed by atoms with Crippen LogP contribution >= 0.6 is 27.5 Å². The molecule has 0 fully saturated rings. The summed E-state index contributed by atoms with van der Waals surface area (Å²) in [5.74, 6) is -0.219. The molecule has 19 heavy (non-hydrogen) atoms. The number of amides is 1. The van der Waals surface area contributed by atoms with Crippen molar-refractivity contribution in [2.75, 3.05) is 11.1 Å². The van der Waals surface area contributed by atoms with E-state index in [2.05, 4.69) is 21.2 Å². The van der Waals surface area contributed by atoms with E-state index < -0.39 is 0 Å². The zero-order valence-corrected chi connectivity index (χ0v) is 12.5. The number of rotatable bonds is 2. The van der Waals surface area contributed by atoms with Crippen molar-refractivity contribution in [2.24, 2.45) is 0 Å². The number of hydrogen-bond donors (Lipinski definition) is 2. The molecular weight excluding hydrogens is 328 g/mol. The van der Waals surface area contributed by atoms with Crippen molar-refractivity contribution in [1.82, 2.24) is 0 Å². The van der Waals surface area contributed by atoms with Gasteiger partial charge >= 0.3 is 0 Å². The van der Waals surface area contributed by atoms with Gasteiger partial charge in [-0.1, -0.05) is 27.5 Å². The average molecular weight is 340 g/mol. The lowest BCUT2D eigenvalue weighted by molar-refractivity contribution is 0.102. The third-order valence-electron chi connectivity index (χ3n) is 2.71. The smallest absolute Gasteiger partial charge is 0.255 e. The van der Waals surface area contributed by atoms with Crippen LogP contribution in [-0.2, 0) is 0 Å². The fourth-order valence-electron chi connectivity index (χ4n) is 1.60. The monoisotopic (exact) mass is 338 g/mol. The van der Waals surface area contributed by atoms with Crippen LogP contribution in [0.4, 0.5) is 11.4 Å². The van der Waals surface area contributed by atoms with E-state index in [4.69, 9.17) is 17.3 Å². The third kappa shape index (κ3) is 3.28. The first-order chi connectivity index (χ1) is 8.97. The van der Waals surface area contributed by atoms with Gasteiger partial charge in [-0.05, 0) is 48.9 Å². The minimum atomic E-state index is -0.219. The summed E-state index contributed by atoms with van der Waals surface area (Å²) in [6.07, 6.45) is 0. The van der Waals surface area contributed by atoms with Gasteiger partial charge in [-0.25, -0.2) is 0 Å². The maximum Gasteiger partial charge on any atom is 0.255 e. The fraction of sp³-hybridized carbons (Fsp3) is 0.0714. The molecule has 1 amide bonds. The molecule has 0 radical (unpaired) electrons. The SMILES string of the molecule is Cc1cc(C(=O)Nc2cc(Br)ccc2Cl)ccc1N. The van der Waals surface area contributed by atoms with E-state index in [1.54, 1.807) is 30.3 Å². The van der Waals surface area contributed by atoms with Crippen molar-refractivity contribution >= 4 is 44.8 Å². The fourth-order valence-corrected chi connectivity index (χ4v) is 2.13. The van der Waals surface area contributed by atoms with Crippen LogP contribution < -0.4 is 11.1 Å². The van der Waals surface area contributed by atoms with Crippen LogP contribution in [0.3, 0.4) is 0 Å². The van der Waals surface area contributed by atoms with Crippen molar-refractivity contribution in [3.63, 3.8) is 0 Å². The van der Waals surface area contributed by atoms with E-state index in [1.165, 1.54) is 0 Å². The first kappa shape index (κ1) is 13.9. The van der Waals surface area contributed by atoms with Gasteiger partial charge in [0.25, 0.3) is 5.91 Å². The zero-order valence-electron chi connectivity index (χ0n) is 10.2. The highest BCUT2D eigenvalue weighted by Crippen LogP contribution is 2.26. The normalized spacial score (nSPS) is 10.3. The van der Waals surface area contributed by atoms with Gasteiger partial charge in [-0.15, -0.1) is 0 Å². The van der Waals surface area contributed by atoms with Crippen LogP contribution in [0.2, 0.25) is 5.02 Å². The molecule has 3 N–H and O–H groups in total. The molecule has 0 bridgehead atoms. The zero-order chi connectivity index (χ0) is 14.0. The number of anilines is 2. The number of benzene rings is 2. The lowest BCUT2D eigenvalue weighted by Crippen LogP contribution is -2.12. The number of carbonyl (C=O) groups excluding carboxylic acids is 1. The Labute approximate surface area is 124 Å². The Morgan fingerprint density at radius 3 is 2.68 bits per heavy atom. The highest BCUT2D eigenvalue weighted by atomic mass is 79.9. The van der Waals surface area contributed by atoms with E-state index in [0.29, 0.717) is 22.0 Å². The quantitative estimate of drug-likeness (QED) is 0.804. The molecule has 0 saturated heterocycles. The Kier molecular flexibility index (Phi) is 4.12. The Bertz CT molecular complexity index is 643. The van der Waals surface area contributed by atoms with Crippen LogP contribution in [0, 0.1) is 6.92 Å². The van der Waals surface area contributed by atoms with Crippen LogP contribution in [0.15, 0.2) is 40.9 Å². The van der Waals surface area contributed by atoms with Crippen molar-refractivity contribution in [3.05, 3.63) is 57.0 Å². The molecule has 0 aliphatic rings. The van der Waals surface area contributed by atoms with Gasteiger partial charge in [-0.2, -0.15) is 0 Å². The topological polar surface area (TPSA) is 55.1 Å². The van der Waals surface area contributed by atoms with Gasteiger partial charge in [0.05, 0.1) is 10.7 Å². The molecule has 0 aromatic heterocycles. The summed E-state index contributed by atoms with van der Waals surface area (Å²) in [6, 6.07) is 10.4. The molecule has 2 rings (SSSR count). The number of aryl methyl sites for hydroxylation is 1. The van der Waals surface area contributed by atoms with Gasteiger partial charge < -0.3 is 11.1 Å². The molecule has 0 spiro atoms. The molecule has 5 heteroatoms. The predicted molar refractivity (Wildman–Crippen MR) is 82.7 cm³/mol. The lowest BCUT2D eigenvalue weighted by atomic mass is 10.1. The molecule has 0 saturated carbocycles. The van der Waals surface area contributed by atoms with Crippen molar-refractivity contribution in [1.29, 1.82) is 0 Å². The van der Waals surface area contributed by atoms with Gasteiger partial charge in [0.2, 0.25) is 0 Å². The van der Waals surface area contributed by atoms with Crippen molar-refractivity contribution < 1.29 is 4.79 Å². The summed E-state index contributed by atoms with van der Waals surface area (Å²) < 4.78 is 0.848. The molecule has 0 unspecified atom stereocenters. The molecule has 2 aromatic carbocycles. The minimum Gasteiger partial charge on any atom is -0.399 e. The van der Waals surface area contributed by atoms with E-state index >= 15 is 0 Å². The highest BCUT2D eigenvalue weighted by Gasteiger charge is 2.09. The molecule has 3 nitrogen and oxygen atoms in total. The maximum atomic E-state index is 12.1. The summed E-state index contributed by atoms with van der Waals surface area (Å²) in [6.45, 7) is 1.86. The highest BCUT2D eigenvalue weighted by molar-refractivity contribution is 9.10. The number of nitrogens with two attached hydrogens (primary N) is 1. The first-order valence-electron chi connectivity index (χ1n) is 5.60. The first-order valence-corrected chi connectivity index (χ1v) is 6.77. The number of hydrogen-bond acceptors (Lipinski definition) is 2. The summed E-state index contributed by atoms with van der Waals surface area (Å²) in [5.41, 5.74) is 8.37.